The summed E-state index contributed by atoms with van der Waals surface area (Å²) < 4.78 is 39.6. The highest BCUT2D eigenvalue weighted by Gasteiger charge is 2.38. The van der Waals surface area contributed by atoms with Crippen LogP contribution in [0.4, 0.5) is 19.2 Å². The van der Waals surface area contributed by atoms with Crippen molar-refractivity contribution in [2.24, 2.45) is 0 Å². The number of nitrogens with zero attached hydrogens (tertiary/aromatic N) is 2. The van der Waals surface area contributed by atoms with Crippen LogP contribution in [-0.4, -0.2) is 34.1 Å². The zero-order chi connectivity index (χ0) is 9.90. The Morgan fingerprint density at radius 1 is 1.62 bits per heavy atom. The molecule has 0 amide bonds. The Morgan fingerprint density at radius 2 is 2.31 bits per heavy atom. The van der Waals surface area contributed by atoms with Crippen LogP contribution in [0, 0.1) is 0 Å². The third-order valence-corrected chi connectivity index (χ3v) is 1.18. The summed E-state index contributed by atoms with van der Waals surface area (Å²) in [7, 11) is 0. The molecule has 0 aliphatic heterocycles. The summed E-state index contributed by atoms with van der Waals surface area (Å²) in [6, 6.07) is -0.164. The monoisotopic (exact) mass is 197 g/mol. The Bertz CT molecular complexity index is 248. The largest absolute Gasteiger partial charge is 0.416 e. The maximum Gasteiger partial charge on any atom is 0.416 e. The molecule has 0 aliphatic rings. The van der Waals surface area contributed by atoms with E-state index in [0.717, 1.165) is 6.39 Å². The van der Waals surface area contributed by atoms with Crippen LogP contribution in [0.5, 0.6) is 0 Å². The normalized spacial score (nSPS) is 14.2. The maximum absolute atomic E-state index is 11.7. The van der Waals surface area contributed by atoms with E-state index in [0.29, 0.717) is 0 Å². The van der Waals surface area contributed by atoms with Gasteiger partial charge < -0.3 is 14.8 Å². The lowest BCUT2D eigenvalue weighted by molar-refractivity contribution is -0.198. The number of aliphatic hydroxyl groups excluding tert-OH is 1. The predicted molar refractivity (Wildman–Crippen MR) is 34.8 cm³/mol. The second-order valence-electron chi connectivity index (χ2n) is 2.18. The molecule has 74 valence electrons. The van der Waals surface area contributed by atoms with E-state index in [-0.39, 0.29) is 6.01 Å². The number of aliphatic hydroxyl groups is 1. The summed E-state index contributed by atoms with van der Waals surface area (Å²) in [5.74, 6) is 0. The molecule has 1 aromatic rings. The van der Waals surface area contributed by atoms with E-state index in [2.05, 4.69) is 19.9 Å². The number of rotatable bonds is 3. The highest BCUT2D eigenvalue weighted by Crippen LogP contribution is 2.19. The lowest BCUT2D eigenvalue weighted by atomic mass is 10.3. The summed E-state index contributed by atoms with van der Waals surface area (Å²) in [5, 5.41) is 17.1. The lowest BCUT2D eigenvalue weighted by Crippen LogP contribution is -2.35. The minimum absolute atomic E-state index is 0.164. The highest BCUT2D eigenvalue weighted by molar-refractivity contribution is 5.15. The molecular formula is C5H6F3N3O2. The van der Waals surface area contributed by atoms with Gasteiger partial charge in [0.15, 0.2) is 6.10 Å². The summed E-state index contributed by atoms with van der Waals surface area (Å²) in [6.07, 6.45) is -6.13. The smallest absolute Gasteiger partial charge is 0.411 e. The fraction of sp³-hybridized carbons (Fsp3) is 0.600. The Balaban J connectivity index is 2.35. The van der Waals surface area contributed by atoms with Crippen molar-refractivity contribution in [2.45, 2.75) is 12.3 Å². The summed E-state index contributed by atoms with van der Waals surface area (Å²) in [6.45, 7) is -0.717. The van der Waals surface area contributed by atoms with Crippen molar-refractivity contribution < 1.29 is 22.7 Å². The van der Waals surface area contributed by atoms with Crippen molar-refractivity contribution in [3.05, 3.63) is 6.39 Å². The molecule has 0 spiro atoms. The predicted octanol–water partition coefficient (Wildman–Crippen LogP) is 0.405. The molecule has 13 heavy (non-hydrogen) atoms. The van der Waals surface area contributed by atoms with Crippen LogP contribution in [0.1, 0.15) is 0 Å². The second kappa shape index (κ2) is 3.60. The van der Waals surface area contributed by atoms with E-state index >= 15 is 0 Å². The van der Waals surface area contributed by atoms with Gasteiger partial charge in [0.05, 0.1) is 6.54 Å². The first-order valence-corrected chi connectivity index (χ1v) is 3.25. The summed E-state index contributed by atoms with van der Waals surface area (Å²) in [4.78, 5) is 0. The molecule has 0 saturated heterocycles. The number of alkyl halides is 3. The van der Waals surface area contributed by atoms with Crippen molar-refractivity contribution in [1.82, 2.24) is 10.2 Å². The highest BCUT2D eigenvalue weighted by atomic mass is 19.4. The number of halogens is 3. The van der Waals surface area contributed by atoms with Gasteiger partial charge >= 0.3 is 12.2 Å². The van der Waals surface area contributed by atoms with Gasteiger partial charge in [0, 0.05) is 0 Å². The molecule has 1 rings (SSSR count). The van der Waals surface area contributed by atoms with Gasteiger partial charge in [-0.25, -0.2) is 0 Å². The third kappa shape index (κ3) is 2.90. The Morgan fingerprint density at radius 3 is 2.77 bits per heavy atom. The van der Waals surface area contributed by atoms with E-state index < -0.39 is 18.8 Å². The first-order valence-electron chi connectivity index (χ1n) is 3.25. The SMILES string of the molecule is OC(CNc1nnco1)C(F)(F)F. The van der Waals surface area contributed by atoms with Gasteiger partial charge in [0.1, 0.15) is 0 Å². The molecular weight excluding hydrogens is 191 g/mol. The second-order valence-corrected chi connectivity index (χ2v) is 2.18. The van der Waals surface area contributed by atoms with Crippen LogP contribution in [0.25, 0.3) is 0 Å². The fourth-order valence-electron chi connectivity index (χ4n) is 0.550. The molecule has 0 aliphatic carbocycles. The molecule has 5 nitrogen and oxygen atoms in total. The molecule has 0 radical (unpaired) electrons. The van der Waals surface area contributed by atoms with Crippen molar-refractivity contribution >= 4 is 6.01 Å². The Labute approximate surface area is 70.6 Å². The molecule has 0 aromatic carbocycles. The van der Waals surface area contributed by atoms with E-state index in [4.69, 9.17) is 5.11 Å². The molecule has 0 saturated carbocycles. The number of hydrogen-bond acceptors (Lipinski definition) is 5. The molecule has 1 aromatic heterocycles. The van der Waals surface area contributed by atoms with Crippen molar-refractivity contribution in [3.63, 3.8) is 0 Å². The third-order valence-electron chi connectivity index (χ3n) is 1.18. The lowest BCUT2D eigenvalue weighted by Gasteiger charge is -2.13. The molecule has 0 fully saturated rings. The van der Waals surface area contributed by atoms with Gasteiger partial charge in [-0.2, -0.15) is 13.2 Å². The average Bonchev–Trinajstić information content (AvgIpc) is 2.50. The average molecular weight is 197 g/mol. The minimum Gasteiger partial charge on any atom is -0.411 e. The van der Waals surface area contributed by atoms with E-state index in [9.17, 15) is 13.2 Å². The summed E-state index contributed by atoms with van der Waals surface area (Å²) in [5.41, 5.74) is 0. The first-order chi connectivity index (χ1) is 6.00. The van der Waals surface area contributed by atoms with E-state index in [1.165, 1.54) is 0 Å². The van der Waals surface area contributed by atoms with Crippen LogP contribution in [0.15, 0.2) is 10.8 Å². The van der Waals surface area contributed by atoms with Crippen LogP contribution >= 0.6 is 0 Å². The quantitative estimate of drug-likeness (QED) is 0.734. The van der Waals surface area contributed by atoms with Crippen LogP contribution in [0.3, 0.4) is 0 Å². The summed E-state index contributed by atoms with van der Waals surface area (Å²) >= 11 is 0. The molecule has 2 N–H and O–H groups in total. The van der Waals surface area contributed by atoms with Gasteiger partial charge in [0.25, 0.3) is 0 Å². The van der Waals surface area contributed by atoms with Crippen molar-refractivity contribution in [1.29, 1.82) is 0 Å². The maximum atomic E-state index is 11.7. The van der Waals surface area contributed by atoms with Gasteiger partial charge in [-0.3, -0.25) is 0 Å². The fourth-order valence-corrected chi connectivity index (χ4v) is 0.550. The first kappa shape index (κ1) is 9.78. The number of anilines is 1. The molecule has 1 atom stereocenters. The molecule has 8 heteroatoms. The van der Waals surface area contributed by atoms with Crippen molar-refractivity contribution in [2.75, 3.05) is 11.9 Å². The van der Waals surface area contributed by atoms with Gasteiger partial charge in [-0.1, -0.05) is 5.10 Å². The zero-order valence-corrected chi connectivity index (χ0v) is 6.25. The number of hydrogen-bond donors (Lipinski definition) is 2. The van der Waals surface area contributed by atoms with Crippen LogP contribution in [0.2, 0.25) is 0 Å². The molecule has 1 unspecified atom stereocenters. The minimum atomic E-state index is -4.65. The Kier molecular flexibility index (Phi) is 2.71. The molecule has 1 heterocycles. The zero-order valence-electron chi connectivity index (χ0n) is 6.25. The number of nitrogens with one attached hydrogen (secondary N) is 1. The van der Waals surface area contributed by atoms with Crippen molar-refractivity contribution in [3.8, 4) is 0 Å². The van der Waals surface area contributed by atoms with Gasteiger partial charge in [-0.05, 0) is 0 Å². The van der Waals surface area contributed by atoms with Crippen LogP contribution < -0.4 is 5.32 Å². The van der Waals surface area contributed by atoms with Gasteiger partial charge in [0.2, 0.25) is 6.39 Å². The Hall–Kier alpha value is -1.31. The van der Waals surface area contributed by atoms with Crippen LogP contribution in [-0.2, 0) is 0 Å². The number of aromatic nitrogens is 2. The standard InChI is InChI=1S/C5H6F3N3O2/c6-5(7,8)3(12)1-9-4-11-10-2-13-4/h2-3,12H,1H2,(H,9,11). The molecule has 0 bridgehead atoms. The topological polar surface area (TPSA) is 71.2 Å². The van der Waals surface area contributed by atoms with E-state index in [1.807, 2.05) is 0 Å². The van der Waals surface area contributed by atoms with E-state index in [1.54, 1.807) is 0 Å². The van der Waals surface area contributed by atoms with Gasteiger partial charge in [-0.15, -0.1) is 5.10 Å².